The second-order valence-electron chi connectivity index (χ2n) is 5.36. The maximum absolute atomic E-state index is 13.1. The summed E-state index contributed by atoms with van der Waals surface area (Å²) in [7, 11) is 0. The number of anilines is 2. The summed E-state index contributed by atoms with van der Waals surface area (Å²) >= 11 is 5.65. The molecule has 7 heteroatoms. The Balaban J connectivity index is 1.55. The fourth-order valence-corrected chi connectivity index (χ4v) is 2.78. The van der Waals surface area contributed by atoms with Gasteiger partial charge in [-0.25, -0.2) is 9.18 Å². The molecule has 3 amide bonds. The van der Waals surface area contributed by atoms with Crippen molar-refractivity contribution in [2.75, 3.05) is 23.3 Å². The van der Waals surface area contributed by atoms with E-state index in [9.17, 15) is 14.0 Å². The monoisotopic (exact) mass is 347 g/mol. The largest absolute Gasteiger partial charge is 0.329 e. The van der Waals surface area contributed by atoms with Gasteiger partial charge in [-0.15, -0.1) is 0 Å². The zero-order chi connectivity index (χ0) is 17.1. The Morgan fingerprint density at radius 1 is 1.21 bits per heavy atom. The first kappa shape index (κ1) is 16.3. The van der Waals surface area contributed by atoms with Gasteiger partial charge in [0.25, 0.3) is 0 Å². The van der Waals surface area contributed by atoms with E-state index in [1.807, 2.05) is 24.3 Å². The number of para-hydroxylation sites is 1. The zero-order valence-corrected chi connectivity index (χ0v) is 13.4. The van der Waals surface area contributed by atoms with Crippen molar-refractivity contribution in [1.29, 1.82) is 0 Å². The van der Waals surface area contributed by atoms with Crippen LogP contribution in [0.25, 0.3) is 0 Å². The van der Waals surface area contributed by atoms with Crippen LogP contribution in [0.5, 0.6) is 0 Å². The van der Waals surface area contributed by atoms with Crippen molar-refractivity contribution in [2.45, 2.75) is 6.42 Å². The molecule has 0 bridgehead atoms. The molecule has 124 valence electrons. The summed E-state index contributed by atoms with van der Waals surface area (Å²) in [5, 5.41) is 4.91. The van der Waals surface area contributed by atoms with Crippen molar-refractivity contribution in [2.24, 2.45) is 0 Å². The smallest absolute Gasteiger partial charge is 0.319 e. The van der Waals surface area contributed by atoms with E-state index < -0.39 is 11.8 Å². The molecule has 5 nitrogen and oxygen atoms in total. The van der Waals surface area contributed by atoms with E-state index in [0.717, 1.165) is 23.7 Å². The van der Waals surface area contributed by atoms with E-state index in [0.29, 0.717) is 12.2 Å². The van der Waals surface area contributed by atoms with Crippen molar-refractivity contribution in [3.05, 3.63) is 58.9 Å². The average molecular weight is 348 g/mol. The van der Waals surface area contributed by atoms with Gasteiger partial charge in [0.05, 0.1) is 11.6 Å². The summed E-state index contributed by atoms with van der Waals surface area (Å²) < 4.78 is 13.1. The van der Waals surface area contributed by atoms with Gasteiger partial charge in [-0.3, -0.25) is 4.79 Å². The van der Waals surface area contributed by atoms with E-state index in [1.54, 1.807) is 4.90 Å². The van der Waals surface area contributed by atoms with Crippen molar-refractivity contribution >= 4 is 34.9 Å². The summed E-state index contributed by atoms with van der Waals surface area (Å²) in [6.07, 6.45) is 0.808. The van der Waals surface area contributed by atoms with Crippen molar-refractivity contribution in [1.82, 2.24) is 5.32 Å². The molecule has 0 fully saturated rings. The highest BCUT2D eigenvalue weighted by Crippen LogP contribution is 2.27. The molecule has 3 rings (SSSR count). The minimum atomic E-state index is -0.564. The highest BCUT2D eigenvalue weighted by atomic mass is 35.5. The van der Waals surface area contributed by atoms with E-state index in [2.05, 4.69) is 10.6 Å². The molecule has 0 aromatic heterocycles. The zero-order valence-electron chi connectivity index (χ0n) is 12.7. The fourth-order valence-electron chi connectivity index (χ4n) is 2.60. The lowest BCUT2D eigenvalue weighted by Crippen LogP contribution is -2.41. The molecule has 24 heavy (non-hydrogen) atoms. The van der Waals surface area contributed by atoms with Gasteiger partial charge in [-0.1, -0.05) is 29.8 Å². The number of urea groups is 1. The molecule has 0 radical (unpaired) electrons. The first-order valence-corrected chi connectivity index (χ1v) is 7.80. The third-order valence-corrected chi connectivity index (χ3v) is 4.06. The van der Waals surface area contributed by atoms with Gasteiger partial charge in [0.15, 0.2) is 0 Å². The minimum Gasteiger partial charge on any atom is -0.329 e. The number of hydrogen-bond donors (Lipinski definition) is 2. The van der Waals surface area contributed by atoms with Gasteiger partial charge in [0.2, 0.25) is 5.91 Å². The third-order valence-electron chi connectivity index (χ3n) is 3.77. The lowest BCUT2D eigenvalue weighted by molar-refractivity contribution is -0.117. The molecule has 1 aliphatic rings. The molecule has 2 N–H and O–H groups in total. The number of hydrogen-bond acceptors (Lipinski definition) is 2. The second-order valence-corrected chi connectivity index (χ2v) is 5.77. The van der Waals surface area contributed by atoms with Crippen LogP contribution >= 0.6 is 11.6 Å². The van der Waals surface area contributed by atoms with Crippen LogP contribution in [-0.2, 0) is 11.2 Å². The van der Waals surface area contributed by atoms with Crippen molar-refractivity contribution in [3.8, 4) is 0 Å². The van der Waals surface area contributed by atoms with E-state index in [-0.39, 0.29) is 17.5 Å². The van der Waals surface area contributed by atoms with Gasteiger partial charge in [-0.05, 0) is 36.2 Å². The molecular weight excluding hydrogens is 333 g/mol. The number of carbonyl (C=O) groups is 2. The number of halogens is 2. The molecule has 2 aromatic carbocycles. The molecule has 0 unspecified atom stereocenters. The number of carbonyl (C=O) groups excluding carboxylic acids is 2. The number of nitrogens with one attached hydrogen (secondary N) is 2. The van der Waals surface area contributed by atoms with Gasteiger partial charge < -0.3 is 15.5 Å². The second kappa shape index (κ2) is 6.88. The lowest BCUT2D eigenvalue weighted by atomic mass is 10.2. The molecule has 0 saturated heterocycles. The van der Waals surface area contributed by atoms with Gasteiger partial charge in [0.1, 0.15) is 5.82 Å². The Kier molecular flexibility index (Phi) is 4.66. The molecule has 2 aromatic rings. The van der Waals surface area contributed by atoms with Crippen LogP contribution in [-0.4, -0.2) is 25.0 Å². The number of amides is 3. The predicted octanol–water partition coefficient (Wildman–Crippen LogP) is 3.19. The van der Waals surface area contributed by atoms with Crippen LogP contribution in [0.1, 0.15) is 5.56 Å². The van der Waals surface area contributed by atoms with Gasteiger partial charge in [-0.2, -0.15) is 0 Å². The topological polar surface area (TPSA) is 61.4 Å². The summed E-state index contributed by atoms with van der Waals surface area (Å²) in [5.74, 6) is -0.752. The Hall–Kier alpha value is -2.60. The van der Waals surface area contributed by atoms with Gasteiger partial charge in [0, 0.05) is 17.9 Å². The molecule has 0 aliphatic carbocycles. The molecule has 0 atom stereocenters. The number of fused-ring (bicyclic) bond motifs is 1. The molecule has 1 heterocycles. The number of benzene rings is 2. The van der Waals surface area contributed by atoms with Crippen LogP contribution in [0.3, 0.4) is 0 Å². The van der Waals surface area contributed by atoms with Crippen LogP contribution in [0.15, 0.2) is 42.5 Å². The quantitative estimate of drug-likeness (QED) is 0.895. The van der Waals surface area contributed by atoms with E-state index in [1.165, 1.54) is 12.1 Å². The number of nitrogens with zero attached hydrogens (tertiary/aromatic N) is 1. The lowest BCUT2D eigenvalue weighted by Gasteiger charge is -2.17. The Morgan fingerprint density at radius 3 is 2.79 bits per heavy atom. The SMILES string of the molecule is O=C(NCC(=O)N1CCc2ccccc21)Nc1ccc(F)c(Cl)c1. The molecular formula is C17H15ClFN3O2. The standard InChI is InChI=1S/C17H15ClFN3O2/c18-13-9-12(5-6-14(13)19)21-17(24)20-10-16(23)22-8-7-11-3-1-2-4-15(11)22/h1-6,9H,7-8,10H2,(H2,20,21,24). The minimum absolute atomic E-state index is 0.0856. The maximum Gasteiger partial charge on any atom is 0.319 e. The fraction of sp³-hybridized carbons (Fsp3) is 0.176. The van der Waals surface area contributed by atoms with Crippen LogP contribution < -0.4 is 15.5 Å². The van der Waals surface area contributed by atoms with Gasteiger partial charge >= 0.3 is 6.03 Å². The first-order valence-electron chi connectivity index (χ1n) is 7.43. The first-order chi connectivity index (χ1) is 11.5. The number of rotatable bonds is 3. The molecule has 1 aliphatic heterocycles. The Labute approximate surface area is 143 Å². The molecule has 0 spiro atoms. The predicted molar refractivity (Wildman–Crippen MR) is 90.9 cm³/mol. The van der Waals surface area contributed by atoms with E-state index >= 15 is 0 Å². The summed E-state index contributed by atoms with van der Waals surface area (Å²) in [5.41, 5.74) is 2.35. The normalized spacial score (nSPS) is 12.7. The third kappa shape index (κ3) is 3.49. The van der Waals surface area contributed by atoms with Crippen LogP contribution in [0.4, 0.5) is 20.6 Å². The maximum atomic E-state index is 13.1. The van der Waals surface area contributed by atoms with Crippen LogP contribution in [0.2, 0.25) is 5.02 Å². The average Bonchev–Trinajstić information content (AvgIpc) is 3.00. The summed E-state index contributed by atoms with van der Waals surface area (Å²) in [6, 6.07) is 11.0. The summed E-state index contributed by atoms with van der Waals surface area (Å²) in [4.78, 5) is 25.8. The summed E-state index contributed by atoms with van der Waals surface area (Å²) in [6.45, 7) is 0.476. The molecule has 0 saturated carbocycles. The highest BCUT2D eigenvalue weighted by molar-refractivity contribution is 6.31. The Bertz CT molecular complexity index is 797. The van der Waals surface area contributed by atoms with Crippen molar-refractivity contribution in [3.63, 3.8) is 0 Å². The van der Waals surface area contributed by atoms with Crippen molar-refractivity contribution < 1.29 is 14.0 Å². The van der Waals surface area contributed by atoms with E-state index in [4.69, 9.17) is 11.6 Å². The Morgan fingerprint density at radius 2 is 2.00 bits per heavy atom. The van der Waals surface area contributed by atoms with Crippen LogP contribution in [0, 0.1) is 5.82 Å². The highest BCUT2D eigenvalue weighted by Gasteiger charge is 2.24.